The Labute approximate surface area is 226 Å². The second-order valence-electron chi connectivity index (χ2n) is 10.1. The number of hydrogen-bond donors (Lipinski definition) is 3. The first-order valence-electron chi connectivity index (χ1n) is 12.5. The first-order valence-corrected chi connectivity index (χ1v) is 13.7. The van der Waals surface area contributed by atoms with Gasteiger partial charge in [-0.3, -0.25) is 14.5 Å². The van der Waals surface area contributed by atoms with E-state index in [1.807, 2.05) is 18.2 Å². The minimum Gasteiger partial charge on any atom is -0.351 e. The van der Waals surface area contributed by atoms with Crippen LogP contribution in [0.1, 0.15) is 70.4 Å². The quantitative estimate of drug-likeness (QED) is 0.394. The SMILES string of the molecule is CC(C)CN1CCc2nc(C(=O)N[C@H]3CCCC[C@H]3NC(=O)c3cc4cc(Cl)ccc4[nH]3)sc2C1.Cl. The zero-order valence-electron chi connectivity index (χ0n) is 20.6. The number of aromatic nitrogens is 2. The van der Waals surface area contributed by atoms with Crippen molar-refractivity contribution in [1.29, 1.82) is 0 Å². The van der Waals surface area contributed by atoms with E-state index >= 15 is 0 Å². The van der Waals surface area contributed by atoms with Crippen LogP contribution >= 0.6 is 35.3 Å². The maximum Gasteiger partial charge on any atom is 0.280 e. The van der Waals surface area contributed by atoms with Crippen LogP contribution in [0.2, 0.25) is 5.02 Å². The fourth-order valence-corrected chi connectivity index (χ4v) is 6.43. The number of halogens is 2. The van der Waals surface area contributed by atoms with Crippen LogP contribution in [0.25, 0.3) is 10.9 Å². The van der Waals surface area contributed by atoms with Crippen molar-refractivity contribution in [3.05, 3.63) is 50.6 Å². The second kappa shape index (κ2) is 11.5. The third-order valence-corrected chi connectivity index (χ3v) is 8.17. The third-order valence-electron chi connectivity index (χ3n) is 6.85. The Kier molecular flexibility index (Phi) is 8.60. The van der Waals surface area contributed by atoms with Crippen molar-refractivity contribution in [3.8, 4) is 0 Å². The van der Waals surface area contributed by atoms with Crippen molar-refractivity contribution >= 4 is 58.1 Å². The molecule has 2 amide bonds. The molecule has 5 rings (SSSR count). The summed E-state index contributed by atoms with van der Waals surface area (Å²) < 4.78 is 0. The van der Waals surface area contributed by atoms with E-state index in [0.29, 0.717) is 21.6 Å². The fraction of sp³-hybridized carbons (Fsp3) is 0.500. The lowest BCUT2D eigenvalue weighted by molar-refractivity contribution is 0.0860. The maximum absolute atomic E-state index is 13.1. The van der Waals surface area contributed by atoms with Gasteiger partial charge in [0.25, 0.3) is 11.8 Å². The Hall–Kier alpha value is -2.13. The van der Waals surface area contributed by atoms with Crippen molar-refractivity contribution in [1.82, 2.24) is 25.5 Å². The number of thiazole rings is 1. The number of nitrogens with zero attached hydrogens (tertiary/aromatic N) is 2. The Morgan fingerprint density at radius 2 is 1.89 bits per heavy atom. The molecule has 194 valence electrons. The van der Waals surface area contributed by atoms with E-state index in [-0.39, 0.29) is 36.3 Å². The monoisotopic (exact) mass is 549 g/mol. The maximum atomic E-state index is 13.1. The Bertz CT molecular complexity index is 1240. The summed E-state index contributed by atoms with van der Waals surface area (Å²) in [5, 5.41) is 8.40. The van der Waals surface area contributed by atoms with E-state index in [1.54, 1.807) is 6.07 Å². The molecule has 2 aromatic heterocycles. The summed E-state index contributed by atoms with van der Waals surface area (Å²) >= 11 is 7.59. The van der Waals surface area contributed by atoms with Gasteiger partial charge < -0.3 is 15.6 Å². The van der Waals surface area contributed by atoms with Gasteiger partial charge in [-0.1, -0.05) is 38.3 Å². The summed E-state index contributed by atoms with van der Waals surface area (Å²) in [6, 6.07) is 7.09. The number of H-pyrrole nitrogens is 1. The molecular weight excluding hydrogens is 517 g/mol. The number of hydrogen-bond acceptors (Lipinski definition) is 5. The minimum absolute atomic E-state index is 0. The molecule has 10 heteroatoms. The Balaban J connectivity index is 0.00000304. The lowest BCUT2D eigenvalue weighted by atomic mass is 9.90. The van der Waals surface area contributed by atoms with Crippen molar-refractivity contribution in [3.63, 3.8) is 0 Å². The first-order chi connectivity index (χ1) is 16.9. The molecule has 2 aliphatic rings. The predicted molar refractivity (Wildman–Crippen MR) is 147 cm³/mol. The molecule has 3 aromatic rings. The molecule has 0 saturated heterocycles. The highest BCUT2D eigenvalue weighted by Crippen LogP contribution is 2.27. The lowest BCUT2D eigenvalue weighted by Gasteiger charge is -2.32. The number of aromatic amines is 1. The summed E-state index contributed by atoms with van der Waals surface area (Å²) in [4.78, 5) is 37.6. The molecule has 1 aromatic carbocycles. The highest BCUT2D eigenvalue weighted by Gasteiger charge is 2.30. The van der Waals surface area contributed by atoms with E-state index < -0.39 is 0 Å². The van der Waals surface area contributed by atoms with Crippen LogP contribution in [0.5, 0.6) is 0 Å². The molecular formula is C26H33Cl2N5O2S. The number of rotatable bonds is 6. The van der Waals surface area contributed by atoms with E-state index in [1.165, 1.54) is 16.2 Å². The smallest absolute Gasteiger partial charge is 0.280 e. The van der Waals surface area contributed by atoms with Gasteiger partial charge in [0, 0.05) is 58.9 Å². The van der Waals surface area contributed by atoms with Crippen LogP contribution in [-0.2, 0) is 13.0 Å². The van der Waals surface area contributed by atoms with E-state index in [4.69, 9.17) is 11.6 Å². The number of amides is 2. The molecule has 1 aliphatic heterocycles. The molecule has 3 heterocycles. The molecule has 0 spiro atoms. The normalized spacial score (nSPS) is 20.1. The van der Waals surface area contributed by atoms with Gasteiger partial charge in [0.15, 0.2) is 5.01 Å². The van der Waals surface area contributed by atoms with Crippen LogP contribution in [0.3, 0.4) is 0 Å². The number of carbonyl (C=O) groups excluding carboxylic acids is 2. The van der Waals surface area contributed by atoms with E-state index in [9.17, 15) is 9.59 Å². The number of benzene rings is 1. The van der Waals surface area contributed by atoms with Crippen molar-refractivity contribution in [2.75, 3.05) is 13.1 Å². The molecule has 3 N–H and O–H groups in total. The second-order valence-corrected chi connectivity index (χ2v) is 11.6. The van der Waals surface area contributed by atoms with Gasteiger partial charge in [0.05, 0.1) is 5.69 Å². The summed E-state index contributed by atoms with van der Waals surface area (Å²) in [7, 11) is 0. The lowest BCUT2D eigenvalue weighted by Crippen LogP contribution is -2.53. The van der Waals surface area contributed by atoms with Crippen molar-refractivity contribution < 1.29 is 9.59 Å². The first kappa shape index (κ1) is 26.9. The summed E-state index contributed by atoms with van der Waals surface area (Å²) in [5.41, 5.74) is 2.43. The standard InChI is InChI=1S/C26H32ClN5O2S.ClH/c1-15(2)13-32-10-9-21-23(14-32)35-26(31-21)25(34)30-20-6-4-3-5-19(20)29-24(33)22-12-16-11-17(27)7-8-18(16)28-22;/h7-8,11-12,15,19-20,28H,3-6,9-10,13-14H2,1-2H3,(H,29,33)(H,30,34);1H/t19-,20+;/m1./s1. The highest BCUT2D eigenvalue weighted by molar-refractivity contribution is 7.13. The Morgan fingerprint density at radius 3 is 2.61 bits per heavy atom. The molecule has 1 aliphatic carbocycles. The van der Waals surface area contributed by atoms with Gasteiger partial charge in [0.2, 0.25) is 0 Å². The zero-order valence-corrected chi connectivity index (χ0v) is 23.0. The molecule has 0 bridgehead atoms. The van der Waals surface area contributed by atoms with E-state index in [0.717, 1.165) is 68.3 Å². The summed E-state index contributed by atoms with van der Waals surface area (Å²) in [6.45, 7) is 7.39. The largest absolute Gasteiger partial charge is 0.351 e. The van der Waals surface area contributed by atoms with Crippen LogP contribution < -0.4 is 10.6 Å². The van der Waals surface area contributed by atoms with Gasteiger partial charge in [-0.05, 0) is 43.0 Å². The minimum atomic E-state index is -0.168. The van der Waals surface area contributed by atoms with Crippen LogP contribution in [0.15, 0.2) is 24.3 Å². The van der Waals surface area contributed by atoms with Crippen LogP contribution in [0.4, 0.5) is 0 Å². The summed E-state index contributed by atoms with van der Waals surface area (Å²) in [6.07, 6.45) is 4.62. The van der Waals surface area contributed by atoms with Crippen LogP contribution in [-0.4, -0.2) is 51.9 Å². The third kappa shape index (κ3) is 6.05. The highest BCUT2D eigenvalue weighted by atomic mass is 35.5. The fourth-order valence-electron chi connectivity index (χ4n) is 5.20. The van der Waals surface area contributed by atoms with Crippen molar-refractivity contribution in [2.24, 2.45) is 5.92 Å². The zero-order chi connectivity index (χ0) is 24.5. The van der Waals surface area contributed by atoms with Gasteiger partial charge >= 0.3 is 0 Å². The number of fused-ring (bicyclic) bond motifs is 2. The molecule has 0 unspecified atom stereocenters. The molecule has 7 nitrogen and oxygen atoms in total. The molecule has 0 radical (unpaired) electrons. The van der Waals surface area contributed by atoms with Gasteiger partial charge in [0.1, 0.15) is 5.69 Å². The van der Waals surface area contributed by atoms with Gasteiger partial charge in [-0.2, -0.15) is 0 Å². The van der Waals surface area contributed by atoms with Gasteiger partial charge in [-0.25, -0.2) is 4.98 Å². The Morgan fingerprint density at radius 1 is 1.17 bits per heavy atom. The van der Waals surface area contributed by atoms with Crippen LogP contribution in [0, 0.1) is 5.92 Å². The average molecular weight is 551 g/mol. The van der Waals surface area contributed by atoms with Crippen molar-refractivity contribution in [2.45, 2.75) is 64.6 Å². The van der Waals surface area contributed by atoms with E-state index in [2.05, 4.69) is 39.3 Å². The molecule has 2 atom stereocenters. The molecule has 1 fully saturated rings. The predicted octanol–water partition coefficient (Wildman–Crippen LogP) is 5.18. The van der Waals surface area contributed by atoms with Gasteiger partial charge in [-0.15, -0.1) is 23.7 Å². The number of nitrogens with one attached hydrogen (secondary N) is 3. The topological polar surface area (TPSA) is 90.1 Å². The summed E-state index contributed by atoms with van der Waals surface area (Å²) in [5.74, 6) is 0.317. The molecule has 1 saturated carbocycles. The molecule has 36 heavy (non-hydrogen) atoms. The average Bonchev–Trinajstić information content (AvgIpc) is 3.43. The number of carbonyl (C=O) groups is 2.